The summed E-state index contributed by atoms with van der Waals surface area (Å²) in [6, 6.07) is 6.67. The van der Waals surface area contributed by atoms with Crippen LogP contribution >= 0.6 is 0 Å². The molecule has 1 amide bonds. The van der Waals surface area contributed by atoms with E-state index in [1.807, 2.05) is 12.1 Å². The van der Waals surface area contributed by atoms with Crippen molar-refractivity contribution in [3.63, 3.8) is 0 Å². The van der Waals surface area contributed by atoms with Crippen molar-refractivity contribution < 1.29 is 23.0 Å². The number of alkyl halides is 2. The number of aryl methyl sites for hydroxylation is 1. The van der Waals surface area contributed by atoms with Gasteiger partial charge in [0.25, 0.3) is 5.91 Å². The average molecular weight is 524 g/mol. The molecule has 1 saturated carbocycles. The Bertz CT molecular complexity index is 1420. The highest BCUT2D eigenvalue weighted by atomic mass is 19.3. The van der Waals surface area contributed by atoms with Crippen molar-refractivity contribution in [1.82, 2.24) is 19.4 Å². The van der Waals surface area contributed by atoms with Crippen molar-refractivity contribution in [3.05, 3.63) is 53.1 Å². The van der Waals surface area contributed by atoms with E-state index in [4.69, 9.17) is 20.2 Å². The lowest BCUT2D eigenvalue weighted by atomic mass is 9.93. The summed E-state index contributed by atoms with van der Waals surface area (Å²) < 4.78 is 39.1. The number of rotatable bonds is 7. The summed E-state index contributed by atoms with van der Waals surface area (Å²) in [5, 5.41) is 0. The van der Waals surface area contributed by atoms with Crippen LogP contribution in [0.15, 0.2) is 30.5 Å². The van der Waals surface area contributed by atoms with Crippen LogP contribution in [-0.4, -0.2) is 64.3 Å². The quantitative estimate of drug-likeness (QED) is 0.499. The summed E-state index contributed by atoms with van der Waals surface area (Å²) in [5.41, 5.74) is 10.4. The Labute approximate surface area is 219 Å². The second kappa shape index (κ2) is 9.74. The summed E-state index contributed by atoms with van der Waals surface area (Å²) in [4.78, 5) is 24.6. The summed E-state index contributed by atoms with van der Waals surface area (Å²) >= 11 is 0. The van der Waals surface area contributed by atoms with Crippen molar-refractivity contribution in [2.45, 2.75) is 50.4 Å². The zero-order chi connectivity index (χ0) is 26.6. The Morgan fingerprint density at radius 3 is 2.79 bits per heavy atom. The molecule has 8 nitrogen and oxygen atoms in total. The number of halogens is 2. The molecule has 2 N–H and O–H groups in total. The molecule has 200 valence electrons. The predicted octanol–water partition coefficient (Wildman–Crippen LogP) is 4.20. The molecule has 2 fully saturated rings. The van der Waals surface area contributed by atoms with E-state index >= 15 is 0 Å². The number of likely N-dealkylation sites (tertiary alicyclic amines) is 1. The lowest BCUT2D eigenvalue weighted by Crippen LogP contribution is -2.53. The molecular weight excluding hydrogens is 492 g/mol. The number of piperidine rings is 1. The van der Waals surface area contributed by atoms with Gasteiger partial charge in [-0.3, -0.25) is 9.78 Å². The van der Waals surface area contributed by atoms with Gasteiger partial charge in [-0.2, -0.15) is 8.78 Å². The Balaban J connectivity index is 1.40. The standard InChI is InChI=1S/C28H31F2N5O3/c1-34-25-21(33-26(34)19-11-16-4-3-8-32-24(16)18(19)10-15-5-6-15)12-17(13-23(25)38-28(29)30)27(36)35-9-7-22(37-2)20(31)14-35/h3-4,8,11-13,15,18,20,22,28H,5-7,9-10,14,31H2,1-2H3/t18?,20-,22+/m0/s1. The number of nitrogens with two attached hydrogens (primary N) is 1. The number of carbonyl (C=O) groups is 1. The highest BCUT2D eigenvalue weighted by molar-refractivity contribution is 6.00. The molecule has 6 rings (SSSR count). The maximum absolute atomic E-state index is 13.5. The third-order valence-electron chi connectivity index (χ3n) is 7.99. The molecule has 1 aromatic carbocycles. The van der Waals surface area contributed by atoms with Gasteiger partial charge in [0.15, 0.2) is 5.75 Å². The van der Waals surface area contributed by atoms with Gasteiger partial charge in [0.05, 0.1) is 17.3 Å². The molecule has 1 unspecified atom stereocenters. The minimum atomic E-state index is -3.05. The summed E-state index contributed by atoms with van der Waals surface area (Å²) in [6.45, 7) is -2.27. The molecule has 38 heavy (non-hydrogen) atoms. The maximum atomic E-state index is 13.5. The van der Waals surface area contributed by atoms with Crippen LogP contribution in [0.2, 0.25) is 0 Å². The number of fused-ring (bicyclic) bond motifs is 2. The zero-order valence-corrected chi connectivity index (χ0v) is 21.4. The van der Waals surface area contributed by atoms with E-state index in [1.54, 1.807) is 35.9 Å². The molecule has 3 aromatic rings. The van der Waals surface area contributed by atoms with E-state index < -0.39 is 6.61 Å². The fourth-order valence-corrected chi connectivity index (χ4v) is 5.90. The first kappa shape index (κ1) is 24.9. The molecule has 0 spiro atoms. The minimum absolute atomic E-state index is 0.0776. The van der Waals surface area contributed by atoms with E-state index in [-0.39, 0.29) is 35.3 Å². The van der Waals surface area contributed by atoms with Gasteiger partial charge in [-0.25, -0.2) is 4.98 Å². The predicted molar refractivity (Wildman–Crippen MR) is 139 cm³/mol. The number of ether oxygens (including phenoxy) is 2. The van der Waals surface area contributed by atoms with Gasteiger partial charge < -0.3 is 24.7 Å². The van der Waals surface area contributed by atoms with Crippen LogP contribution in [0.25, 0.3) is 22.7 Å². The fraction of sp³-hybridized carbons (Fsp3) is 0.464. The molecule has 3 atom stereocenters. The van der Waals surface area contributed by atoms with Crippen molar-refractivity contribution in [3.8, 4) is 5.75 Å². The van der Waals surface area contributed by atoms with Gasteiger partial charge in [-0.15, -0.1) is 0 Å². The first-order chi connectivity index (χ1) is 18.3. The van der Waals surface area contributed by atoms with Crippen LogP contribution in [-0.2, 0) is 11.8 Å². The lowest BCUT2D eigenvalue weighted by molar-refractivity contribution is -0.0490. The largest absolute Gasteiger partial charge is 0.432 e. The second-order valence-corrected chi connectivity index (χ2v) is 10.5. The van der Waals surface area contributed by atoms with Crippen LogP contribution in [0.1, 0.15) is 59.0 Å². The normalized spacial score (nSPS) is 23.2. The number of nitrogens with zero attached hydrogens (tertiary/aromatic N) is 4. The Morgan fingerprint density at radius 2 is 2.08 bits per heavy atom. The smallest absolute Gasteiger partial charge is 0.387 e. The van der Waals surface area contributed by atoms with Crippen LogP contribution in [0, 0.1) is 5.92 Å². The van der Waals surface area contributed by atoms with Crippen molar-refractivity contribution in [2.75, 3.05) is 20.2 Å². The Morgan fingerprint density at radius 1 is 1.26 bits per heavy atom. The number of carbonyl (C=O) groups excluding carboxylic acids is 1. The molecule has 3 aliphatic rings. The topological polar surface area (TPSA) is 95.5 Å². The molecule has 1 aliphatic heterocycles. The van der Waals surface area contributed by atoms with Crippen LogP contribution in [0.3, 0.4) is 0 Å². The SMILES string of the molecule is CO[C@@H]1CCN(C(=O)c2cc(OC(F)F)c3c(c2)nc(C2=Cc4cccnc4C2CC2CC2)n3C)C[C@@H]1N. The number of methoxy groups -OCH3 is 1. The molecule has 0 radical (unpaired) electrons. The number of allylic oxidation sites excluding steroid dienone is 1. The van der Waals surface area contributed by atoms with Crippen LogP contribution in [0.4, 0.5) is 8.78 Å². The number of pyridine rings is 1. The van der Waals surface area contributed by atoms with E-state index in [9.17, 15) is 13.6 Å². The molecular formula is C28H31F2N5O3. The summed E-state index contributed by atoms with van der Waals surface area (Å²) in [6.07, 6.45) is 7.76. The van der Waals surface area contributed by atoms with Crippen LogP contribution < -0.4 is 10.5 Å². The van der Waals surface area contributed by atoms with Crippen molar-refractivity contribution in [1.29, 1.82) is 0 Å². The summed E-state index contributed by atoms with van der Waals surface area (Å²) in [7, 11) is 3.40. The van der Waals surface area contributed by atoms with Gasteiger partial charge in [-0.1, -0.05) is 18.9 Å². The third kappa shape index (κ3) is 4.45. The maximum Gasteiger partial charge on any atom is 0.387 e. The van der Waals surface area contributed by atoms with Crippen molar-refractivity contribution >= 4 is 28.6 Å². The number of benzene rings is 1. The van der Waals surface area contributed by atoms with Gasteiger partial charge in [0.2, 0.25) is 0 Å². The van der Waals surface area contributed by atoms with E-state index in [0.29, 0.717) is 42.3 Å². The molecule has 10 heteroatoms. The minimum Gasteiger partial charge on any atom is -0.432 e. The fourth-order valence-electron chi connectivity index (χ4n) is 5.90. The Kier molecular flexibility index (Phi) is 6.39. The van der Waals surface area contributed by atoms with E-state index in [2.05, 4.69) is 11.1 Å². The lowest BCUT2D eigenvalue weighted by Gasteiger charge is -2.36. The van der Waals surface area contributed by atoms with Gasteiger partial charge >= 0.3 is 6.61 Å². The summed E-state index contributed by atoms with van der Waals surface area (Å²) in [5.74, 6) is 1.02. The highest BCUT2D eigenvalue weighted by Crippen LogP contribution is 2.49. The van der Waals surface area contributed by atoms with Crippen molar-refractivity contribution in [2.24, 2.45) is 18.7 Å². The van der Waals surface area contributed by atoms with Gasteiger partial charge in [0, 0.05) is 56.5 Å². The molecule has 2 aliphatic carbocycles. The number of imidazole rings is 1. The van der Waals surface area contributed by atoms with Gasteiger partial charge in [-0.05, 0) is 48.6 Å². The first-order valence-corrected chi connectivity index (χ1v) is 13.0. The van der Waals surface area contributed by atoms with E-state index in [1.165, 1.54) is 18.9 Å². The molecule has 3 heterocycles. The number of aromatic nitrogens is 3. The monoisotopic (exact) mass is 523 g/mol. The Hall–Kier alpha value is -3.37. The number of hydrogen-bond acceptors (Lipinski definition) is 6. The molecule has 2 aromatic heterocycles. The number of amides is 1. The average Bonchev–Trinajstić information content (AvgIpc) is 3.56. The first-order valence-electron chi connectivity index (χ1n) is 13.0. The molecule has 1 saturated heterocycles. The highest BCUT2D eigenvalue weighted by Gasteiger charge is 2.36. The van der Waals surface area contributed by atoms with Gasteiger partial charge in [0.1, 0.15) is 11.3 Å². The second-order valence-electron chi connectivity index (χ2n) is 10.5. The third-order valence-corrected chi connectivity index (χ3v) is 7.99. The van der Waals surface area contributed by atoms with Crippen LogP contribution in [0.5, 0.6) is 5.75 Å². The van der Waals surface area contributed by atoms with E-state index in [0.717, 1.165) is 23.3 Å². The molecule has 0 bridgehead atoms. The zero-order valence-electron chi connectivity index (χ0n) is 21.4. The number of hydrogen-bond donors (Lipinski definition) is 1.